The van der Waals surface area contributed by atoms with E-state index in [2.05, 4.69) is 25.6 Å². The van der Waals surface area contributed by atoms with Crippen molar-refractivity contribution in [3.8, 4) is 11.1 Å². The Kier molecular flexibility index (Phi) is 6.70. The highest BCUT2D eigenvalue weighted by molar-refractivity contribution is 6.30. The number of halogens is 5. The molecule has 0 aliphatic carbocycles. The van der Waals surface area contributed by atoms with Crippen LogP contribution in [0.15, 0.2) is 61.3 Å². The average molecular weight is 505 g/mol. The van der Waals surface area contributed by atoms with E-state index in [0.717, 1.165) is 11.9 Å². The van der Waals surface area contributed by atoms with Crippen LogP contribution in [0.3, 0.4) is 0 Å². The molecule has 0 atom stereocenters. The highest BCUT2D eigenvalue weighted by Gasteiger charge is 2.34. The summed E-state index contributed by atoms with van der Waals surface area (Å²) in [6.07, 6.45) is 2.66. The number of benzene rings is 1. The molecule has 12 heteroatoms. The van der Waals surface area contributed by atoms with E-state index in [1.807, 2.05) is 30.1 Å². The minimum Gasteiger partial charge on any atom is -0.355 e. The summed E-state index contributed by atoms with van der Waals surface area (Å²) in [5.74, 6) is -0.998. The average Bonchev–Trinajstić information content (AvgIpc) is 3.20. The Balaban J connectivity index is 1.42. The first-order chi connectivity index (χ1) is 16.6. The molecular formula is C23H17ClF4N6O. The molecule has 0 aliphatic rings. The fourth-order valence-electron chi connectivity index (χ4n) is 3.21. The molecular weight excluding hydrogens is 488 g/mol. The minimum atomic E-state index is -4.73. The van der Waals surface area contributed by atoms with Crippen LogP contribution in [-0.2, 0) is 24.4 Å². The third kappa shape index (κ3) is 5.93. The number of anilines is 3. The number of carbonyl (C=O) groups excluding carboxylic acids is 1. The van der Waals surface area contributed by atoms with E-state index in [9.17, 15) is 22.4 Å². The molecule has 4 rings (SSSR count). The first kappa shape index (κ1) is 24.1. The van der Waals surface area contributed by atoms with Crippen LogP contribution in [0, 0.1) is 5.82 Å². The summed E-state index contributed by atoms with van der Waals surface area (Å²) in [4.78, 5) is 24.2. The molecule has 7 nitrogen and oxygen atoms in total. The van der Waals surface area contributed by atoms with Gasteiger partial charge in [-0.1, -0.05) is 23.7 Å². The molecule has 0 saturated carbocycles. The van der Waals surface area contributed by atoms with E-state index in [4.69, 9.17) is 11.6 Å². The molecule has 0 aliphatic heterocycles. The molecule has 0 spiro atoms. The number of rotatable bonds is 6. The zero-order valence-electron chi connectivity index (χ0n) is 18.1. The summed E-state index contributed by atoms with van der Waals surface area (Å²) in [5, 5.41) is 4.59. The number of carbonyl (C=O) groups is 1. The standard InChI is InChI=1S/C23H17ClF4N6O/c1-34-5-4-16(12-34)33-22-30-9-15(10-31-22)13-2-3-14(19(25)6-13)7-20(35)32-17-8-18(23(26,27)28)21(24)29-11-17/h2-6,8-12H,7H2,1H3,(H,32,35)(H,30,31,33). The number of nitrogens with one attached hydrogen (secondary N) is 2. The number of pyridine rings is 1. The lowest BCUT2D eigenvalue weighted by atomic mass is 10.0. The molecule has 0 unspecified atom stereocenters. The Morgan fingerprint density at radius 2 is 1.77 bits per heavy atom. The molecule has 35 heavy (non-hydrogen) atoms. The topological polar surface area (TPSA) is 84.7 Å². The van der Waals surface area contributed by atoms with Gasteiger partial charge in [0.05, 0.1) is 29.6 Å². The van der Waals surface area contributed by atoms with Gasteiger partial charge in [-0.2, -0.15) is 13.2 Å². The number of hydrogen-bond donors (Lipinski definition) is 2. The highest BCUT2D eigenvalue weighted by Crippen LogP contribution is 2.35. The van der Waals surface area contributed by atoms with Crippen LogP contribution < -0.4 is 10.6 Å². The lowest BCUT2D eigenvalue weighted by Gasteiger charge is -2.11. The maximum atomic E-state index is 14.7. The van der Waals surface area contributed by atoms with Crippen molar-refractivity contribution in [1.82, 2.24) is 19.5 Å². The molecule has 0 fully saturated rings. The molecule has 3 heterocycles. The number of aryl methyl sites for hydroxylation is 1. The molecule has 0 radical (unpaired) electrons. The second-order valence-electron chi connectivity index (χ2n) is 7.58. The number of alkyl halides is 3. The lowest BCUT2D eigenvalue weighted by Crippen LogP contribution is -2.16. The summed E-state index contributed by atoms with van der Waals surface area (Å²) in [6, 6.07) is 6.78. The van der Waals surface area contributed by atoms with Gasteiger partial charge in [-0.05, 0) is 29.3 Å². The van der Waals surface area contributed by atoms with E-state index < -0.39 is 35.0 Å². The van der Waals surface area contributed by atoms with Crippen LogP contribution in [0.1, 0.15) is 11.1 Å². The summed E-state index contributed by atoms with van der Waals surface area (Å²) in [6.45, 7) is 0. The van der Waals surface area contributed by atoms with Gasteiger partial charge in [-0.3, -0.25) is 4.79 Å². The van der Waals surface area contributed by atoms with Crippen LogP contribution in [-0.4, -0.2) is 25.4 Å². The van der Waals surface area contributed by atoms with Crippen molar-refractivity contribution in [1.29, 1.82) is 0 Å². The molecule has 2 N–H and O–H groups in total. The Morgan fingerprint density at radius 3 is 2.40 bits per heavy atom. The second-order valence-corrected chi connectivity index (χ2v) is 7.94. The summed E-state index contributed by atoms with van der Waals surface area (Å²) >= 11 is 5.47. The SMILES string of the molecule is Cn1ccc(Nc2ncc(-c3ccc(CC(=O)Nc4cnc(Cl)c(C(F)(F)F)c4)c(F)c3)cn2)c1. The lowest BCUT2D eigenvalue weighted by molar-refractivity contribution is -0.137. The fourth-order valence-corrected chi connectivity index (χ4v) is 3.42. The normalized spacial score (nSPS) is 11.4. The minimum absolute atomic E-state index is 0.0625. The van der Waals surface area contributed by atoms with E-state index in [-0.39, 0.29) is 11.3 Å². The predicted octanol–water partition coefficient (Wildman–Crippen LogP) is 5.61. The predicted molar refractivity (Wildman–Crippen MR) is 123 cm³/mol. The third-order valence-corrected chi connectivity index (χ3v) is 5.21. The van der Waals surface area contributed by atoms with Gasteiger partial charge in [0.15, 0.2) is 0 Å². The van der Waals surface area contributed by atoms with Gasteiger partial charge in [0, 0.05) is 37.4 Å². The highest BCUT2D eigenvalue weighted by atomic mass is 35.5. The molecule has 180 valence electrons. The quantitative estimate of drug-likeness (QED) is 0.263. The van der Waals surface area contributed by atoms with Crippen molar-refractivity contribution in [3.63, 3.8) is 0 Å². The Hall–Kier alpha value is -3.99. The van der Waals surface area contributed by atoms with Crippen molar-refractivity contribution in [2.24, 2.45) is 7.05 Å². The van der Waals surface area contributed by atoms with E-state index in [0.29, 0.717) is 23.1 Å². The zero-order valence-corrected chi connectivity index (χ0v) is 18.8. The van der Waals surface area contributed by atoms with Crippen molar-refractivity contribution in [2.75, 3.05) is 10.6 Å². The summed E-state index contributed by atoms with van der Waals surface area (Å²) in [5.41, 5.74) is 0.551. The van der Waals surface area contributed by atoms with Gasteiger partial charge >= 0.3 is 6.18 Å². The van der Waals surface area contributed by atoms with Crippen LogP contribution in [0.5, 0.6) is 0 Å². The Labute approximate surface area is 201 Å². The van der Waals surface area contributed by atoms with Gasteiger partial charge < -0.3 is 15.2 Å². The molecule has 3 aromatic heterocycles. The fraction of sp³-hybridized carbons (Fsp3) is 0.130. The van der Waals surface area contributed by atoms with Crippen LogP contribution >= 0.6 is 11.6 Å². The first-order valence-corrected chi connectivity index (χ1v) is 10.5. The maximum absolute atomic E-state index is 14.7. The van der Waals surface area contributed by atoms with Gasteiger partial charge in [0.1, 0.15) is 11.0 Å². The van der Waals surface area contributed by atoms with Crippen LogP contribution in [0.4, 0.5) is 34.9 Å². The number of aromatic nitrogens is 4. The number of hydrogen-bond acceptors (Lipinski definition) is 5. The molecule has 0 bridgehead atoms. The Bertz CT molecular complexity index is 1370. The van der Waals surface area contributed by atoms with Crippen molar-refractivity contribution < 1.29 is 22.4 Å². The summed E-state index contributed by atoms with van der Waals surface area (Å²) < 4.78 is 55.4. The van der Waals surface area contributed by atoms with Gasteiger partial charge in [0.25, 0.3) is 0 Å². The van der Waals surface area contributed by atoms with Crippen molar-refractivity contribution in [2.45, 2.75) is 12.6 Å². The van der Waals surface area contributed by atoms with E-state index in [1.165, 1.54) is 24.5 Å². The third-order valence-electron chi connectivity index (χ3n) is 4.91. The van der Waals surface area contributed by atoms with E-state index in [1.54, 1.807) is 6.07 Å². The van der Waals surface area contributed by atoms with Crippen LogP contribution in [0.25, 0.3) is 11.1 Å². The number of amides is 1. The zero-order chi connectivity index (χ0) is 25.2. The van der Waals surface area contributed by atoms with Crippen LogP contribution in [0.2, 0.25) is 5.15 Å². The van der Waals surface area contributed by atoms with Crippen molar-refractivity contribution >= 4 is 34.8 Å². The molecule has 1 aromatic carbocycles. The number of nitrogens with zero attached hydrogens (tertiary/aromatic N) is 4. The second kappa shape index (κ2) is 9.71. The Morgan fingerprint density at radius 1 is 1.03 bits per heavy atom. The van der Waals surface area contributed by atoms with Gasteiger partial charge in [0.2, 0.25) is 11.9 Å². The smallest absolute Gasteiger partial charge is 0.355 e. The largest absolute Gasteiger partial charge is 0.419 e. The summed E-state index contributed by atoms with van der Waals surface area (Å²) in [7, 11) is 1.88. The van der Waals surface area contributed by atoms with E-state index >= 15 is 0 Å². The molecule has 1 amide bonds. The first-order valence-electron chi connectivity index (χ1n) is 10.1. The van der Waals surface area contributed by atoms with Gasteiger partial charge in [-0.25, -0.2) is 19.3 Å². The molecule has 0 saturated heterocycles. The molecule has 4 aromatic rings. The maximum Gasteiger partial charge on any atom is 0.419 e. The van der Waals surface area contributed by atoms with Crippen molar-refractivity contribution in [3.05, 3.63) is 83.4 Å². The van der Waals surface area contributed by atoms with Gasteiger partial charge in [-0.15, -0.1) is 0 Å². The monoisotopic (exact) mass is 504 g/mol.